The maximum atomic E-state index is 10.9. The van der Waals surface area contributed by atoms with Crippen LogP contribution in [0.1, 0.15) is 0 Å². The maximum absolute atomic E-state index is 10.9. The molecule has 1 aromatic carbocycles. The van der Waals surface area contributed by atoms with Gasteiger partial charge in [0.15, 0.2) is 0 Å². The minimum Gasteiger partial charge on any atom is -0.506 e. The van der Waals surface area contributed by atoms with E-state index < -0.39 is 10.8 Å². The lowest BCUT2D eigenvalue weighted by Crippen LogP contribution is -1.91. The average Bonchev–Trinajstić information content (AvgIpc) is 1.94. The first-order valence-corrected chi connectivity index (χ1v) is 4.59. The molecule has 0 heterocycles. The number of hydrogen-bond donors (Lipinski definition) is 2. The third-order valence-electron chi connectivity index (χ3n) is 1.33. The molecule has 60 valence electrons. The highest BCUT2D eigenvalue weighted by atomic mass is 32.2. The van der Waals surface area contributed by atoms with Crippen LogP contribution in [-0.2, 0) is 10.8 Å². The Balaban J connectivity index is 3.15. The molecule has 0 fully saturated rings. The Morgan fingerprint density at radius 2 is 2.18 bits per heavy atom. The molecule has 3 nitrogen and oxygen atoms in total. The van der Waals surface area contributed by atoms with Gasteiger partial charge in [-0.2, -0.15) is 0 Å². The van der Waals surface area contributed by atoms with Gasteiger partial charge in [0.05, 0.1) is 5.69 Å². The van der Waals surface area contributed by atoms with Gasteiger partial charge >= 0.3 is 0 Å². The van der Waals surface area contributed by atoms with Gasteiger partial charge in [0, 0.05) is 22.0 Å². The normalized spacial score (nSPS) is 12.8. The minimum absolute atomic E-state index is 0.0270. The zero-order valence-corrected chi connectivity index (χ0v) is 6.89. The molecule has 0 aliphatic rings. The standard InChI is InChI=1S/C7H9NO2S/c1-11(10)5-2-3-7(9)6(8)4-5/h2-4,9H,8H2,1H3. The maximum Gasteiger partial charge on any atom is 0.138 e. The van der Waals surface area contributed by atoms with Crippen LogP contribution in [0.25, 0.3) is 0 Å². The lowest BCUT2D eigenvalue weighted by Gasteiger charge is -1.99. The summed E-state index contributed by atoms with van der Waals surface area (Å²) in [5.41, 5.74) is 5.64. The number of nitrogen functional groups attached to an aromatic ring is 1. The molecule has 0 amide bonds. The van der Waals surface area contributed by atoms with Crippen molar-refractivity contribution >= 4 is 16.5 Å². The molecule has 4 heteroatoms. The molecule has 1 rings (SSSR count). The van der Waals surface area contributed by atoms with Crippen LogP contribution >= 0.6 is 0 Å². The van der Waals surface area contributed by atoms with Crippen molar-refractivity contribution < 1.29 is 9.32 Å². The Hall–Kier alpha value is -1.03. The molecular weight excluding hydrogens is 162 g/mol. The van der Waals surface area contributed by atoms with Gasteiger partial charge in [0.2, 0.25) is 0 Å². The zero-order chi connectivity index (χ0) is 8.43. The van der Waals surface area contributed by atoms with Crippen LogP contribution in [0, 0.1) is 0 Å². The van der Waals surface area contributed by atoms with E-state index in [1.165, 1.54) is 12.1 Å². The van der Waals surface area contributed by atoms with Crippen molar-refractivity contribution in [2.75, 3.05) is 12.0 Å². The third kappa shape index (κ3) is 1.71. The molecule has 0 bridgehead atoms. The molecule has 1 aromatic rings. The van der Waals surface area contributed by atoms with Crippen LogP contribution in [-0.4, -0.2) is 15.6 Å². The van der Waals surface area contributed by atoms with Crippen molar-refractivity contribution in [3.63, 3.8) is 0 Å². The van der Waals surface area contributed by atoms with Gasteiger partial charge in [-0.25, -0.2) is 0 Å². The van der Waals surface area contributed by atoms with E-state index in [9.17, 15) is 4.21 Å². The minimum atomic E-state index is -1.04. The summed E-state index contributed by atoms with van der Waals surface area (Å²) in [6.45, 7) is 0. The van der Waals surface area contributed by atoms with Gasteiger partial charge in [-0.15, -0.1) is 0 Å². The van der Waals surface area contributed by atoms with E-state index in [0.29, 0.717) is 4.90 Å². The Labute approximate surface area is 67.3 Å². The fraction of sp³-hybridized carbons (Fsp3) is 0.143. The number of phenols is 1. The van der Waals surface area contributed by atoms with Crippen molar-refractivity contribution in [2.24, 2.45) is 0 Å². The van der Waals surface area contributed by atoms with Gasteiger partial charge in [-0.05, 0) is 18.2 Å². The molecule has 0 aliphatic carbocycles. The highest BCUT2D eigenvalue weighted by Gasteiger charge is 2.00. The first kappa shape index (κ1) is 8.07. The highest BCUT2D eigenvalue weighted by Crippen LogP contribution is 2.21. The molecule has 0 spiro atoms. The van der Waals surface area contributed by atoms with Gasteiger partial charge in [0.1, 0.15) is 5.75 Å². The second-order valence-electron chi connectivity index (χ2n) is 2.17. The number of phenolic OH excluding ortho intramolecular Hbond substituents is 1. The molecule has 1 atom stereocenters. The van der Waals surface area contributed by atoms with E-state index in [4.69, 9.17) is 10.8 Å². The summed E-state index contributed by atoms with van der Waals surface area (Å²) in [4.78, 5) is 0.625. The number of nitrogens with two attached hydrogens (primary N) is 1. The van der Waals surface area contributed by atoms with Crippen molar-refractivity contribution in [3.8, 4) is 5.75 Å². The summed E-state index contributed by atoms with van der Waals surface area (Å²) in [5, 5.41) is 9.00. The summed E-state index contributed by atoms with van der Waals surface area (Å²) in [5.74, 6) is 0.0270. The molecule has 1 unspecified atom stereocenters. The monoisotopic (exact) mass is 171 g/mol. The predicted octanol–water partition coefficient (Wildman–Crippen LogP) is 0.712. The fourth-order valence-corrected chi connectivity index (χ4v) is 1.26. The highest BCUT2D eigenvalue weighted by molar-refractivity contribution is 7.84. The number of anilines is 1. The SMILES string of the molecule is CS(=O)c1ccc(O)c(N)c1. The first-order chi connectivity index (χ1) is 5.11. The summed E-state index contributed by atoms with van der Waals surface area (Å²) in [6, 6.07) is 4.53. The summed E-state index contributed by atoms with van der Waals surface area (Å²) in [7, 11) is -1.04. The second kappa shape index (κ2) is 2.92. The van der Waals surface area contributed by atoms with Crippen LogP contribution in [0.4, 0.5) is 5.69 Å². The van der Waals surface area contributed by atoms with Gasteiger partial charge in [0.25, 0.3) is 0 Å². The number of benzene rings is 1. The summed E-state index contributed by atoms with van der Waals surface area (Å²) >= 11 is 0. The molecule has 3 N–H and O–H groups in total. The smallest absolute Gasteiger partial charge is 0.138 e. The van der Waals surface area contributed by atoms with Crippen LogP contribution in [0.2, 0.25) is 0 Å². The van der Waals surface area contributed by atoms with E-state index in [0.717, 1.165) is 0 Å². The molecule has 0 aliphatic heterocycles. The van der Waals surface area contributed by atoms with Crippen molar-refractivity contribution in [1.29, 1.82) is 0 Å². The van der Waals surface area contributed by atoms with E-state index in [2.05, 4.69) is 0 Å². The molecular formula is C7H9NO2S. The Kier molecular flexibility index (Phi) is 2.14. The van der Waals surface area contributed by atoms with Crippen LogP contribution in [0.3, 0.4) is 0 Å². The average molecular weight is 171 g/mol. The molecule has 0 saturated heterocycles. The number of rotatable bonds is 1. The lowest BCUT2D eigenvalue weighted by molar-refractivity contribution is 0.477. The second-order valence-corrected chi connectivity index (χ2v) is 3.55. The van der Waals surface area contributed by atoms with Gasteiger partial charge in [-0.1, -0.05) is 0 Å². The van der Waals surface area contributed by atoms with Crippen molar-refractivity contribution in [3.05, 3.63) is 18.2 Å². The summed E-state index contributed by atoms with van der Waals surface area (Å²) < 4.78 is 10.9. The lowest BCUT2D eigenvalue weighted by atomic mass is 10.3. The zero-order valence-electron chi connectivity index (χ0n) is 6.07. The van der Waals surface area contributed by atoms with Gasteiger partial charge in [-0.3, -0.25) is 4.21 Å². The van der Waals surface area contributed by atoms with Crippen LogP contribution in [0.5, 0.6) is 5.75 Å². The number of hydrogen-bond acceptors (Lipinski definition) is 3. The van der Waals surface area contributed by atoms with E-state index >= 15 is 0 Å². The van der Waals surface area contributed by atoms with Crippen LogP contribution in [0.15, 0.2) is 23.1 Å². The number of aromatic hydroxyl groups is 1. The van der Waals surface area contributed by atoms with E-state index in [1.54, 1.807) is 12.3 Å². The Morgan fingerprint density at radius 3 is 2.64 bits per heavy atom. The van der Waals surface area contributed by atoms with Gasteiger partial charge < -0.3 is 10.8 Å². The third-order valence-corrected chi connectivity index (χ3v) is 2.25. The van der Waals surface area contributed by atoms with Crippen molar-refractivity contribution in [2.45, 2.75) is 4.90 Å². The van der Waals surface area contributed by atoms with E-state index in [-0.39, 0.29) is 11.4 Å². The van der Waals surface area contributed by atoms with Crippen LogP contribution < -0.4 is 5.73 Å². The molecule has 11 heavy (non-hydrogen) atoms. The Bertz CT molecular complexity index is 298. The van der Waals surface area contributed by atoms with Crippen molar-refractivity contribution in [1.82, 2.24) is 0 Å². The van der Waals surface area contributed by atoms with E-state index in [1.807, 2.05) is 0 Å². The first-order valence-electron chi connectivity index (χ1n) is 3.03. The quantitative estimate of drug-likeness (QED) is 0.483. The molecule has 0 saturated carbocycles. The topological polar surface area (TPSA) is 63.3 Å². The largest absolute Gasteiger partial charge is 0.506 e. The molecule has 0 radical (unpaired) electrons. The predicted molar refractivity (Wildman–Crippen MR) is 44.9 cm³/mol. The summed E-state index contributed by atoms with van der Waals surface area (Å²) in [6.07, 6.45) is 1.56. The fourth-order valence-electron chi connectivity index (χ4n) is 0.711. The molecule has 0 aromatic heterocycles. The Morgan fingerprint density at radius 1 is 1.55 bits per heavy atom.